The lowest BCUT2D eigenvalue weighted by Gasteiger charge is -2.35. The number of amides is 1. The third-order valence-electron chi connectivity index (χ3n) is 3.92. The molecule has 1 fully saturated rings. The number of hydrogen-bond acceptors (Lipinski definition) is 7. The van der Waals surface area contributed by atoms with Crippen molar-refractivity contribution in [3.05, 3.63) is 41.1 Å². The van der Waals surface area contributed by atoms with Gasteiger partial charge in [-0.3, -0.25) is 19.6 Å². The Labute approximate surface area is 137 Å². The SMILES string of the molecule is O=C(CCn1cncn1)N1CCN(c2ccc([N+](=O)[O-])cn2)CC1. The van der Waals surface area contributed by atoms with E-state index in [0.717, 1.165) is 0 Å². The third-order valence-corrected chi connectivity index (χ3v) is 3.92. The van der Waals surface area contributed by atoms with E-state index in [-0.39, 0.29) is 11.6 Å². The second-order valence-corrected chi connectivity index (χ2v) is 5.41. The molecule has 10 heteroatoms. The van der Waals surface area contributed by atoms with Crippen molar-refractivity contribution in [3.8, 4) is 0 Å². The van der Waals surface area contributed by atoms with Gasteiger partial charge in [0.05, 0.1) is 11.5 Å². The van der Waals surface area contributed by atoms with E-state index in [0.29, 0.717) is 45.0 Å². The van der Waals surface area contributed by atoms with Crippen molar-refractivity contribution in [1.29, 1.82) is 0 Å². The molecule has 126 valence electrons. The maximum atomic E-state index is 12.2. The maximum Gasteiger partial charge on any atom is 0.287 e. The molecule has 1 saturated heterocycles. The summed E-state index contributed by atoms with van der Waals surface area (Å²) in [5, 5.41) is 14.6. The summed E-state index contributed by atoms with van der Waals surface area (Å²) in [6, 6.07) is 3.08. The molecule has 24 heavy (non-hydrogen) atoms. The largest absolute Gasteiger partial charge is 0.353 e. The number of piperazine rings is 1. The molecule has 3 rings (SSSR count). The zero-order chi connectivity index (χ0) is 16.9. The van der Waals surface area contributed by atoms with Gasteiger partial charge in [-0.2, -0.15) is 5.10 Å². The van der Waals surface area contributed by atoms with Gasteiger partial charge in [-0.15, -0.1) is 0 Å². The predicted molar refractivity (Wildman–Crippen MR) is 84.3 cm³/mol. The van der Waals surface area contributed by atoms with Crippen LogP contribution >= 0.6 is 0 Å². The van der Waals surface area contributed by atoms with Gasteiger partial charge in [-0.1, -0.05) is 0 Å². The number of anilines is 1. The lowest BCUT2D eigenvalue weighted by molar-refractivity contribution is -0.385. The highest BCUT2D eigenvalue weighted by molar-refractivity contribution is 5.76. The quantitative estimate of drug-likeness (QED) is 0.573. The Bertz CT molecular complexity index is 694. The number of aryl methyl sites for hydroxylation is 1. The Kier molecular flexibility index (Phi) is 4.64. The fraction of sp³-hybridized carbons (Fsp3) is 0.429. The van der Waals surface area contributed by atoms with Crippen molar-refractivity contribution >= 4 is 17.4 Å². The summed E-state index contributed by atoms with van der Waals surface area (Å²) in [6.45, 7) is 3.03. The molecular formula is C14H17N7O3. The van der Waals surface area contributed by atoms with Crippen LogP contribution < -0.4 is 4.90 Å². The summed E-state index contributed by atoms with van der Waals surface area (Å²) in [5.41, 5.74) is -0.0272. The number of pyridine rings is 1. The van der Waals surface area contributed by atoms with Crippen molar-refractivity contribution in [2.24, 2.45) is 0 Å². The molecule has 0 aliphatic carbocycles. The Balaban J connectivity index is 1.49. The highest BCUT2D eigenvalue weighted by Gasteiger charge is 2.22. The first-order chi connectivity index (χ1) is 11.6. The second-order valence-electron chi connectivity index (χ2n) is 5.41. The lowest BCUT2D eigenvalue weighted by atomic mass is 10.2. The van der Waals surface area contributed by atoms with Gasteiger partial charge < -0.3 is 9.80 Å². The van der Waals surface area contributed by atoms with Crippen molar-refractivity contribution in [2.75, 3.05) is 31.1 Å². The zero-order valence-corrected chi connectivity index (χ0v) is 13.0. The minimum atomic E-state index is -0.470. The van der Waals surface area contributed by atoms with E-state index in [1.807, 2.05) is 9.80 Å². The number of nitro groups is 1. The Hall–Kier alpha value is -3.04. The van der Waals surface area contributed by atoms with Crippen LogP contribution in [-0.4, -0.2) is 61.7 Å². The molecule has 2 aromatic heterocycles. The predicted octanol–water partition coefficient (Wildman–Crippen LogP) is 0.320. The number of carbonyl (C=O) groups is 1. The molecule has 10 nitrogen and oxygen atoms in total. The van der Waals surface area contributed by atoms with Crippen LogP contribution in [-0.2, 0) is 11.3 Å². The van der Waals surface area contributed by atoms with Crippen molar-refractivity contribution in [2.45, 2.75) is 13.0 Å². The van der Waals surface area contributed by atoms with Gasteiger partial charge in [-0.05, 0) is 6.07 Å². The van der Waals surface area contributed by atoms with Crippen LogP contribution in [0.5, 0.6) is 0 Å². The standard InChI is InChI=1S/C14H17N7O3/c22-14(3-4-20-11-15-10-17-20)19-7-5-18(6-8-19)13-2-1-12(9-16-13)21(23)24/h1-2,9-11H,3-8H2. The molecule has 0 saturated carbocycles. The molecule has 0 N–H and O–H groups in total. The Morgan fingerprint density at radius 3 is 2.62 bits per heavy atom. The smallest absolute Gasteiger partial charge is 0.287 e. The van der Waals surface area contributed by atoms with Crippen molar-refractivity contribution in [3.63, 3.8) is 0 Å². The highest BCUT2D eigenvalue weighted by Crippen LogP contribution is 2.17. The van der Waals surface area contributed by atoms with E-state index < -0.39 is 4.92 Å². The molecule has 0 aromatic carbocycles. The van der Waals surface area contributed by atoms with Crippen LogP contribution in [0.15, 0.2) is 31.0 Å². The fourth-order valence-electron chi connectivity index (χ4n) is 2.57. The van der Waals surface area contributed by atoms with Crippen LogP contribution in [0.2, 0.25) is 0 Å². The first-order valence-corrected chi connectivity index (χ1v) is 7.59. The van der Waals surface area contributed by atoms with E-state index in [4.69, 9.17) is 0 Å². The number of nitrogens with zero attached hydrogens (tertiary/aromatic N) is 7. The van der Waals surface area contributed by atoms with Gasteiger partial charge in [0.15, 0.2) is 0 Å². The molecule has 0 bridgehead atoms. The molecule has 1 amide bonds. The van der Waals surface area contributed by atoms with E-state index in [2.05, 4.69) is 15.1 Å². The molecule has 0 atom stereocenters. The van der Waals surface area contributed by atoms with Gasteiger partial charge in [0.25, 0.3) is 5.69 Å². The molecule has 3 heterocycles. The molecule has 1 aliphatic heterocycles. The Morgan fingerprint density at radius 2 is 2.04 bits per heavy atom. The Morgan fingerprint density at radius 1 is 1.25 bits per heavy atom. The minimum Gasteiger partial charge on any atom is -0.353 e. The molecule has 0 spiro atoms. The van der Waals surface area contributed by atoms with Gasteiger partial charge >= 0.3 is 0 Å². The molecular weight excluding hydrogens is 314 g/mol. The normalized spacial score (nSPS) is 14.7. The van der Waals surface area contributed by atoms with Crippen LogP contribution in [0.4, 0.5) is 11.5 Å². The van der Waals surface area contributed by atoms with Gasteiger partial charge in [0, 0.05) is 38.7 Å². The minimum absolute atomic E-state index is 0.0272. The first-order valence-electron chi connectivity index (χ1n) is 7.59. The average molecular weight is 331 g/mol. The third kappa shape index (κ3) is 3.65. The average Bonchev–Trinajstić information content (AvgIpc) is 3.13. The molecule has 0 unspecified atom stereocenters. The van der Waals surface area contributed by atoms with Gasteiger partial charge in [-0.25, -0.2) is 9.97 Å². The summed E-state index contributed by atoms with van der Waals surface area (Å²) < 4.78 is 1.63. The summed E-state index contributed by atoms with van der Waals surface area (Å²) in [6.07, 6.45) is 4.68. The van der Waals surface area contributed by atoms with E-state index in [1.54, 1.807) is 17.1 Å². The van der Waals surface area contributed by atoms with Gasteiger partial charge in [0.1, 0.15) is 24.7 Å². The van der Waals surface area contributed by atoms with E-state index >= 15 is 0 Å². The van der Waals surface area contributed by atoms with Crippen molar-refractivity contribution < 1.29 is 9.72 Å². The highest BCUT2D eigenvalue weighted by atomic mass is 16.6. The molecule has 2 aromatic rings. The monoisotopic (exact) mass is 331 g/mol. The van der Waals surface area contributed by atoms with Crippen LogP contribution in [0.25, 0.3) is 0 Å². The molecule has 0 radical (unpaired) electrons. The number of carbonyl (C=O) groups excluding carboxylic acids is 1. The molecule has 1 aliphatic rings. The number of aromatic nitrogens is 4. The second kappa shape index (κ2) is 7.02. The summed E-state index contributed by atoms with van der Waals surface area (Å²) in [7, 11) is 0. The van der Waals surface area contributed by atoms with Crippen molar-refractivity contribution in [1.82, 2.24) is 24.6 Å². The van der Waals surface area contributed by atoms with Crippen LogP contribution in [0.3, 0.4) is 0 Å². The topological polar surface area (TPSA) is 110 Å². The first kappa shape index (κ1) is 15.8. The van der Waals surface area contributed by atoms with Gasteiger partial charge in [0.2, 0.25) is 5.91 Å². The lowest BCUT2D eigenvalue weighted by Crippen LogP contribution is -2.49. The zero-order valence-electron chi connectivity index (χ0n) is 13.0. The summed E-state index contributed by atoms with van der Waals surface area (Å²) >= 11 is 0. The van der Waals surface area contributed by atoms with Crippen LogP contribution in [0, 0.1) is 10.1 Å². The number of rotatable bonds is 5. The van der Waals surface area contributed by atoms with Crippen LogP contribution in [0.1, 0.15) is 6.42 Å². The van der Waals surface area contributed by atoms with E-state index in [1.165, 1.54) is 18.6 Å². The maximum absolute atomic E-state index is 12.2. The summed E-state index contributed by atoms with van der Waals surface area (Å²) in [4.78, 5) is 34.2. The fourth-order valence-corrected chi connectivity index (χ4v) is 2.57. The number of hydrogen-bond donors (Lipinski definition) is 0. The van der Waals surface area contributed by atoms with E-state index in [9.17, 15) is 14.9 Å². The summed E-state index contributed by atoms with van der Waals surface area (Å²) in [5.74, 6) is 0.775.